The van der Waals surface area contributed by atoms with Crippen molar-refractivity contribution in [3.8, 4) is 0 Å². The van der Waals surface area contributed by atoms with Gasteiger partial charge in [0.25, 0.3) is 0 Å². The van der Waals surface area contributed by atoms with E-state index in [0.29, 0.717) is 5.02 Å². The molecule has 1 N–H and O–H groups in total. The monoisotopic (exact) mass is 310 g/mol. The summed E-state index contributed by atoms with van der Waals surface area (Å²) in [6.07, 6.45) is 6.34. The minimum Gasteiger partial charge on any atom is -0.314 e. The van der Waals surface area contributed by atoms with Crippen LogP contribution in [0.2, 0.25) is 5.02 Å². The van der Waals surface area contributed by atoms with E-state index in [9.17, 15) is 4.39 Å². The second-order valence-corrected chi connectivity index (χ2v) is 5.95. The van der Waals surface area contributed by atoms with Gasteiger partial charge in [0, 0.05) is 37.2 Å². The zero-order valence-corrected chi connectivity index (χ0v) is 13.2. The molecule has 2 nitrogen and oxygen atoms in total. The van der Waals surface area contributed by atoms with Crippen molar-refractivity contribution in [1.82, 2.24) is 10.2 Å². The molecule has 0 amide bonds. The number of halogens is 2. The van der Waals surface area contributed by atoms with E-state index in [1.165, 1.54) is 12.1 Å². The van der Waals surface area contributed by atoms with Crippen molar-refractivity contribution < 1.29 is 4.39 Å². The molecule has 0 aliphatic carbocycles. The van der Waals surface area contributed by atoms with Gasteiger partial charge in [0.1, 0.15) is 5.82 Å². The molecule has 1 aliphatic heterocycles. The number of hydrogen-bond acceptors (Lipinski definition) is 2. The van der Waals surface area contributed by atoms with Gasteiger partial charge in [-0.1, -0.05) is 30.2 Å². The van der Waals surface area contributed by atoms with Gasteiger partial charge in [-0.15, -0.1) is 6.58 Å². The van der Waals surface area contributed by atoms with Gasteiger partial charge in [0.15, 0.2) is 0 Å². The number of rotatable bonds is 7. The highest BCUT2D eigenvalue weighted by atomic mass is 35.5. The first-order valence-electron chi connectivity index (χ1n) is 7.73. The SMILES string of the molecule is C=CCCCC[C@@H](c1ccc(F)cc1Cl)N1CCNCC1. The Morgan fingerprint density at radius 2 is 2.10 bits per heavy atom. The van der Waals surface area contributed by atoms with Gasteiger partial charge < -0.3 is 5.32 Å². The predicted octanol–water partition coefficient (Wildman–Crippen LogP) is 4.17. The van der Waals surface area contributed by atoms with Crippen LogP contribution in [-0.4, -0.2) is 31.1 Å². The Balaban J connectivity index is 2.11. The smallest absolute Gasteiger partial charge is 0.124 e. The first kappa shape index (κ1) is 16.5. The quantitative estimate of drug-likeness (QED) is 0.600. The molecule has 1 atom stereocenters. The first-order valence-corrected chi connectivity index (χ1v) is 8.11. The van der Waals surface area contributed by atoms with Crippen LogP contribution in [0.15, 0.2) is 30.9 Å². The Hall–Kier alpha value is -0.900. The van der Waals surface area contributed by atoms with E-state index in [2.05, 4.69) is 16.8 Å². The highest BCUT2D eigenvalue weighted by molar-refractivity contribution is 6.31. The van der Waals surface area contributed by atoms with Crippen LogP contribution < -0.4 is 5.32 Å². The lowest BCUT2D eigenvalue weighted by atomic mass is 9.98. The van der Waals surface area contributed by atoms with Crippen LogP contribution in [0.4, 0.5) is 4.39 Å². The second kappa shape index (κ2) is 8.52. The summed E-state index contributed by atoms with van der Waals surface area (Å²) < 4.78 is 13.3. The summed E-state index contributed by atoms with van der Waals surface area (Å²) in [5, 5.41) is 3.92. The average molecular weight is 311 g/mol. The lowest BCUT2D eigenvalue weighted by Crippen LogP contribution is -2.45. The number of nitrogens with one attached hydrogen (secondary N) is 1. The molecular formula is C17H24ClFN2. The fourth-order valence-electron chi connectivity index (χ4n) is 2.93. The van der Waals surface area contributed by atoms with Crippen molar-refractivity contribution in [2.75, 3.05) is 26.2 Å². The van der Waals surface area contributed by atoms with E-state index in [0.717, 1.165) is 57.4 Å². The molecule has 0 unspecified atom stereocenters. The molecule has 4 heteroatoms. The molecule has 1 saturated heterocycles. The Labute approximate surface area is 132 Å². The topological polar surface area (TPSA) is 15.3 Å². The predicted molar refractivity (Wildman–Crippen MR) is 87.3 cm³/mol. The van der Waals surface area contributed by atoms with Crippen molar-refractivity contribution in [2.45, 2.75) is 31.7 Å². The molecule has 1 aliphatic rings. The average Bonchev–Trinajstić information content (AvgIpc) is 2.49. The van der Waals surface area contributed by atoms with Crippen LogP contribution in [-0.2, 0) is 0 Å². The van der Waals surface area contributed by atoms with Crippen molar-refractivity contribution in [3.05, 3.63) is 47.3 Å². The Morgan fingerprint density at radius 1 is 1.33 bits per heavy atom. The Kier molecular flexibility index (Phi) is 6.68. The molecule has 116 valence electrons. The van der Waals surface area contributed by atoms with Crippen LogP contribution >= 0.6 is 11.6 Å². The Morgan fingerprint density at radius 3 is 2.76 bits per heavy atom. The zero-order chi connectivity index (χ0) is 15.1. The van der Waals surface area contributed by atoms with Crippen molar-refractivity contribution in [3.63, 3.8) is 0 Å². The highest BCUT2D eigenvalue weighted by Gasteiger charge is 2.23. The molecule has 1 aromatic carbocycles. The highest BCUT2D eigenvalue weighted by Crippen LogP contribution is 2.32. The summed E-state index contributed by atoms with van der Waals surface area (Å²) in [7, 11) is 0. The van der Waals surface area contributed by atoms with E-state index < -0.39 is 0 Å². The van der Waals surface area contributed by atoms with Gasteiger partial charge in [0.2, 0.25) is 0 Å². The molecule has 0 spiro atoms. The minimum absolute atomic E-state index is 0.269. The number of piperazine rings is 1. The van der Waals surface area contributed by atoms with Crippen LogP contribution in [0.5, 0.6) is 0 Å². The van der Waals surface area contributed by atoms with Crippen LogP contribution in [0.1, 0.15) is 37.3 Å². The third-order valence-corrected chi connectivity index (χ3v) is 4.38. The summed E-state index contributed by atoms with van der Waals surface area (Å²) in [6, 6.07) is 5.07. The van der Waals surface area contributed by atoms with Gasteiger partial charge in [-0.05, 0) is 37.0 Å². The van der Waals surface area contributed by atoms with Crippen LogP contribution in [0.25, 0.3) is 0 Å². The number of unbranched alkanes of at least 4 members (excludes halogenated alkanes) is 2. The summed E-state index contributed by atoms with van der Waals surface area (Å²) in [5.41, 5.74) is 1.05. The van der Waals surface area contributed by atoms with Gasteiger partial charge in [-0.3, -0.25) is 4.90 Å². The largest absolute Gasteiger partial charge is 0.314 e. The Bertz CT molecular complexity index is 458. The van der Waals surface area contributed by atoms with Crippen molar-refractivity contribution in [1.29, 1.82) is 0 Å². The van der Waals surface area contributed by atoms with E-state index >= 15 is 0 Å². The van der Waals surface area contributed by atoms with Crippen LogP contribution in [0, 0.1) is 5.82 Å². The van der Waals surface area contributed by atoms with Gasteiger partial charge in [-0.25, -0.2) is 4.39 Å². The van der Waals surface area contributed by atoms with E-state index in [-0.39, 0.29) is 11.9 Å². The second-order valence-electron chi connectivity index (χ2n) is 5.54. The molecule has 1 fully saturated rings. The lowest BCUT2D eigenvalue weighted by molar-refractivity contribution is 0.163. The fraction of sp³-hybridized carbons (Fsp3) is 0.529. The number of nitrogens with zero attached hydrogens (tertiary/aromatic N) is 1. The normalized spacial score (nSPS) is 17.6. The zero-order valence-electron chi connectivity index (χ0n) is 12.5. The summed E-state index contributed by atoms with van der Waals surface area (Å²) in [6.45, 7) is 7.80. The minimum atomic E-state index is -0.269. The maximum atomic E-state index is 13.3. The third-order valence-electron chi connectivity index (χ3n) is 4.05. The molecule has 1 aromatic rings. The molecule has 1 heterocycles. The number of hydrogen-bond donors (Lipinski definition) is 1. The maximum Gasteiger partial charge on any atom is 0.124 e. The van der Waals surface area contributed by atoms with Crippen molar-refractivity contribution in [2.24, 2.45) is 0 Å². The third kappa shape index (κ3) is 4.80. The van der Waals surface area contributed by atoms with Crippen molar-refractivity contribution >= 4 is 11.6 Å². The maximum absolute atomic E-state index is 13.3. The van der Waals surface area contributed by atoms with Gasteiger partial charge in [-0.2, -0.15) is 0 Å². The lowest BCUT2D eigenvalue weighted by Gasteiger charge is -2.35. The first-order chi connectivity index (χ1) is 10.2. The molecular weight excluding hydrogens is 287 g/mol. The van der Waals surface area contributed by atoms with Crippen LogP contribution in [0.3, 0.4) is 0 Å². The molecule has 21 heavy (non-hydrogen) atoms. The standard InChI is InChI=1S/C17H24ClFN2/c1-2-3-4-5-6-17(21-11-9-20-10-12-21)15-8-7-14(19)13-16(15)18/h2,7-8,13,17,20H,1,3-6,9-12H2/t17-/m0/s1. The molecule has 0 aromatic heterocycles. The summed E-state index contributed by atoms with van der Waals surface area (Å²) in [4.78, 5) is 2.46. The van der Waals surface area contributed by atoms with E-state index in [1.807, 2.05) is 12.1 Å². The van der Waals surface area contributed by atoms with E-state index in [1.54, 1.807) is 0 Å². The van der Waals surface area contributed by atoms with Gasteiger partial charge in [0.05, 0.1) is 0 Å². The molecule has 2 rings (SSSR count). The van der Waals surface area contributed by atoms with Gasteiger partial charge >= 0.3 is 0 Å². The molecule has 0 bridgehead atoms. The molecule has 0 saturated carbocycles. The molecule has 0 radical (unpaired) electrons. The number of allylic oxidation sites excluding steroid dienone is 1. The summed E-state index contributed by atoms with van der Waals surface area (Å²) >= 11 is 6.29. The fourth-order valence-corrected chi connectivity index (χ4v) is 3.22. The summed E-state index contributed by atoms with van der Waals surface area (Å²) in [5.74, 6) is -0.269. The van der Waals surface area contributed by atoms with E-state index in [4.69, 9.17) is 11.6 Å². The number of benzene rings is 1.